The molecule has 0 aromatic heterocycles. The lowest BCUT2D eigenvalue weighted by atomic mass is 9.97. The summed E-state index contributed by atoms with van der Waals surface area (Å²) < 4.78 is 45.0. The summed E-state index contributed by atoms with van der Waals surface area (Å²) in [5.41, 5.74) is 0.914. The number of methoxy groups -OCH3 is 1. The van der Waals surface area contributed by atoms with Gasteiger partial charge in [-0.15, -0.1) is 0 Å². The fourth-order valence-electron chi connectivity index (χ4n) is 3.59. The minimum Gasteiger partial charge on any atom is -0.465 e. The maximum atomic E-state index is 13.0. The summed E-state index contributed by atoms with van der Waals surface area (Å²) in [7, 11) is -2.68. The molecule has 1 saturated heterocycles. The zero-order chi connectivity index (χ0) is 22.4. The van der Waals surface area contributed by atoms with Gasteiger partial charge < -0.3 is 10.1 Å². The van der Waals surface area contributed by atoms with E-state index < -0.39 is 16.0 Å². The third-order valence-corrected chi connectivity index (χ3v) is 7.32. The normalized spacial score (nSPS) is 15.4. The van der Waals surface area contributed by atoms with Crippen molar-refractivity contribution in [2.45, 2.75) is 24.2 Å². The van der Waals surface area contributed by atoms with E-state index in [2.05, 4.69) is 10.1 Å². The number of hydrogen-bond donors (Lipinski definition) is 1. The van der Waals surface area contributed by atoms with Crippen LogP contribution in [0.2, 0.25) is 0 Å². The number of piperidine rings is 1. The second-order valence-electron chi connectivity index (χ2n) is 7.33. The molecule has 0 bridgehead atoms. The predicted octanol–water partition coefficient (Wildman–Crippen LogP) is 2.37. The number of halogens is 1. The molecule has 0 aliphatic carbocycles. The number of ether oxygens (including phenoxy) is 1. The minimum absolute atomic E-state index is 0.00865. The lowest BCUT2D eigenvalue weighted by Gasteiger charge is -2.31. The van der Waals surface area contributed by atoms with E-state index in [4.69, 9.17) is 0 Å². The summed E-state index contributed by atoms with van der Waals surface area (Å²) in [4.78, 5) is 24.3. The van der Waals surface area contributed by atoms with Crippen molar-refractivity contribution >= 4 is 21.9 Å². The number of nitrogens with one attached hydrogen (secondary N) is 1. The molecule has 1 heterocycles. The van der Waals surface area contributed by atoms with Crippen LogP contribution in [-0.4, -0.2) is 51.3 Å². The fraction of sp³-hybridized carbons (Fsp3) is 0.364. The maximum absolute atomic E-state index is 13.0. The number of sulfonamides is 1. The van der Waals surface area contributed by atoms with Gasteiger partial charge in [0, 0.05) is 25.6 Å². The SMILES string of the molecule is COC(=O)c1ccccc1S(=O)(=O)N1CCC(C(=O)NCCc2ccc(F)cc2)CC1. The zero-order valence-corrected chi connectivity index (χ0v) is 18.0. The molecule has 3 rings (SSSR count). The van der Waals surface area contributed by atoms with Gasteiger partial charge in [0.2, 0.25) is 15.9 Å². The number of hydrogen-bond acceptors (Lipinski definition) is 5. The molecule has 1 fully saturated rings. The first-order chi connectivity index (χ1) is 14.8. The van der Waals surface area contributed by atoms with Crippen LogP contribution in [0.1, 0.15) is 28.8 Å². The van der Waals surface area contributed by atoms with E-state index in [-0.39, 0.29) is 41.2 Å². The quantitative estimate of drug-likeness (QED) is 0.657. The molecule has 0 unspecified atom stereocenters. The van der Waals surface area contributed by atoms with Crippen LogP contribution < -0.4 is 5.32 Å². The average molecular weight is 449 g/mol. The molecule has 0 atom stereocenters. The summed E-state index contributed by atoms with van der Waals surface area (Å²) in [6.45, 7) is 0.803. The molecule has 9 heteroatoms. The van der Waals surface area contributed by atoms with Crippen molar-refractivity contribution in [3.8, 4) is 0 Å². The zero-order valence-electron chi connectivity index (χ0n) is 17.2. The van der Waals surface area contributed by atoms with Crippen LogP contribution in [0.5, 0.6) is 0 Å². The highest BCUT2D eigenvalue weighted by Crippen LogP contribution is 2.26. The monoisotopic (exact) mass is 448 g/mol. The molecule has 31 heavy (non-hydrogen) atoms. The lowest BCUT2D eigenvalue weighted by Crippen LogP contribution is -2.43. The van der Waals surface area contributed by atoms with Crippen LogP contribution in [0.3, 0.4) is 0 Å². The number of benzene rings is 2. The number of esters is 1. The lowest BCUT2D eigenvalue weighted by molar-refractivity contribution is -0.126. The Bertz CT molecular complexity index is 1030. The smallest absolute Gasteiger partial charge is 0.339 e. The Morgan fingerprint density at radius 3 is 2.39 bits per heavy atom. The van der Waals surface area contributed by atoms with E-state index in [0.717, 1.165) is 5.56 Å². The topological polar surface area (TPSA) is 92.8 Å². The molecule has 1 N–H and O–H groups in total. The molecule has 0 saturated carbocycles. The van der Waals surface area contributed by atoms with Gasteiger partial charge >= 0.3 is 5.97 Å². The number of carbonyl (C=O) groups excluding carboxylic acids is 2. The van der Waals surface area contributed by atoms with Crippen molar-refractivity contribution in [2.75, 3.05) is 26.7 Å². The van der Waals surface area contributed by atoms with Crippen molar-refractivity contribution in [3.63, 3.8) is 0 Å². The Labute approximate surface area is 181 Å². The van der Waals surface area contributed by atoms with Crippen molar-refractivity contribution in [2.24, 2.45) is 5.92 Å². The molecule has 1 aliphatic rings. The van der Waals surface area contributed by atoms with Crippen molar-refractivity contribution in [1.82, 2.24) is 9.62 Å². The van der Waals surface area contributed by atoms with E-state index in [1.165, 1.54) is 35.7 Å². The number of nitrogens with zero attached hydrogens (tertiary/aromatic N) is 1. The molecular formula is C22H25FN2O5S. The first kappa shape index (κ1) is 22.9. The highest BCUT2D eigenvalue weighted by atomic mass is 32.2. The van der Waals surface area contributed by atoms with Gasteiger partial charge in [-0.25, -0.2) is 17.6 Å². The molecule has 166 valence electrons. The van der Waals surface area contributed by atoms with Gasteiger partial charge in [-0.2, -0.15) is 4.31 Å². The fourth-order valence-corrected chi connectivity index (χ4v) is 5.24. The third kappa shape index (κ3) is 5.48. The highest BCUT2D eigenvalue weighted by Gasteiger charge is 2.34. The average Bonchev–Trinajstić information content (AvgIpc) is 2.79. The summed E-state index contributed by atoms with van der Waals surface area (Å²) in [6, 6.07) is 12.1. The first-order valence-corrected chi connectivity index (χ1v) is 11.5. The maximum Gasteiger partial charge on any atom is 0.339 e. The standard InChI is InChI=1S/C22H25FN2O5S/c1-30-22(27)19-4-2-3-5-20(19)31(28,29)25-14-11-17(12-15-25)21(26)24-13-10-16-6-8-18(23)9-7-16/h2-9,17H,10-15H2,1H3,(H,24,26). The Morgan fingerprint density at radius 1 is 1.10 bits per heavy atom. The van der Waals surface area contributed by atoms with Gasteiger partial charge in [0.05, 0.1) is 17.6 Å². The third-order valence-electron chi connectivity index (χ3n) is 5.36. The minimum atomic E-state index is -3.88. The van der Waals surface area contributed by atoms with E-state index in [1.807, 2.05) is 0 Å². The molecule has 1 aliphatic heterocycles. The van der Waals surface area contributed by atoms with Gasteiger partial charge in [0.15, 0.2) is 0 Å². The van der Waals surface area contributed by atoms with Gasteiger partial charge in [-0.05, 0) is 49.1 Å². The summed E-state index contributed by atoms with van der Waals surface area (Å²) >= 11 is 0. The second-order valence-corrected chi connectivity index (χ2v) is 9.24. The Kier molecular flexibility index (Phi) is 7.40. The molecule has 2 aromatic rings. The van der Waals surface area contributed by atoms with Crippen molar-refractivity contribution in [1.29, 1.82) is 0 Å². The Hall–Kier alpha value is -2.78. The van der Waals surface area contributed by atoms with Crippen LogP contribution in [0.15, 0.2) is 53.4 Å². The van der Waals surface area contributed by atoms with E-state index in [1.54, 1.807) is 24.3 Å². The van der Waals surface area contributed by atoms with Gasteiger partial charge in [0.25, 0.3) is 0 Å². The van der Waals surface area contributed by atoms with Crippen LogP contribution in [0.4, 0.5) is 4.39 Å². The number of rotatable bonds is 7. The molecule has 0 radical (unpaired) electrons. The summed E-state index contributed by atoms with van der Waals surface area (Å²) in [5, 5.41) is 2.87. The number of amides is 1. The van der Waals surface area contributed by atoms with Crippen LogP contribution >= 0.6 is 0 Å². The van der Waals surface area contributed by atoms with E-state index in [9.17, 15) is 22.4 Å². The van der Waals surface area contributed by atoms with Crippen LogP contribution in [0, 0.1) is 11.7 Å². The van der Waals surface area contributed by atoms with Crippen LogP contribution in [-0.2, 0) is 26.0 Å². The van der Waals surface area contributed by atoms with Gasteiger partial charge in [-0.1, -0.05) is 24.3 Å². The highest BCUT2D eigenvalue weighted by molar-refractivity contribution is 7.89. The first-order valence-electron chi connectivity index (χ1n) is 10.0. The Morgan fingerprint density at radius 2 is 1.74 bits per heavy atom. The molecular weight excluding hydrogens is 423 g/mol. The second kappa shape index (κ2) is 10.0. The Balaban J connectivity index is 1.55. The number of carbonyl (C=O) groups is 2. The van der Waals surface area contributed by atoms with Crippen molar-refractivity contribution < 1.29 is 27.1 Å². The van der Waals surface area contributed by atoms with E-state index >= 15 is 0 Å². The molecule has 0 spiro atoms. The predicted molar refractivity (Wildman–Crippen MR) is 112 cm³/mol. The molecule has 1 amide bonds. The summed E-state index contributed by atoms with van der Waals surface area (Å²) in [5.74, 6) is -1.41. The van der Waals surface area contributed by atoms with Gasteiger partial charge in [0.1, 0.15) is 5.82 Å². The van der Waals surface area contributed by atoms with Gasteiger partial charge in [-0.3, -0.25) is 4.79 Å². The van der Waals surface area contributed by atoms with Crippen LogP contribution in [0.25, 0.3) is 0 Å². The molecule has 7 nitrogen and oxygen atoms in total. The van der Waals surface area contributed by atoms with Crippen molar-refractivity contribution in [3.05, 3.63) is 65.5 Å². The molecule has 2 aromatic carbocycles. The largest absolute Gasteiger partial charge is 0.465 e. The summed E-state index contributed by atoms with van der Waals surface area (Å²) in [6.07, 6.45) is 1.37. The van der Waals surface area contributed by atoms with E-state index in [0.29, 0.717) is 25.8 Å².